The number of likely N-dealkylation sites (tertiary alicyclic amines) is 1. The second kappa shape index (κ2) is 10.5. The number of nitrogens with zero attached hydrogens (tertiary/aromatic N) is 3. The maximum Gasteiger partial charge on any atom is 0.260 e. The number of piperidine rings is 1. The fourth-order valence-corrected chi connectivity index (χ4v) is 4.69. The molecule has 2 atom stereocenters. The topological polar surface area (TPSA) is 91.8 Å². The molecule has 1 saturated heterocycles. The Labute approximate surface area is 199 Å². The summed E-state index contributed by atoms with van der Waals surface area (Å²) in [4.78, 5) is 45.7. The third-order valence-corrected chi connectivity index (χ3v) is 6.41. The summed E-state index contributed by atoms with van der Waals surface area (Å²) in [6.45, 7) is 1.96. The van der Waals surface area contributed by atoms with Crippen LogP contribution >= 0.6 is 0 Å². The predicted octanol–water partition coefficient (Wildman–Crippen LogP) is 3.05. The number of ether oxygens (including phenoxy) is 1. The number of benzene rings is 1. The summed E-state index contributed by atoms with van der Waals surface area (Å²) in [7, 11) is 1.79. The Morgan fingerprint density at radius 1 is 1.15 bits per heavy atom. The monoisotopic (exact) mass is 462 g/mol. The van der Waals surface area contributed by atoms with E-state index < -0.39 is 0 Å². The van der Waals surface area contributed by atoms with Crippen molar-refractivity contribution in [2.45, 2.75) is 44.7 Å². The minimum Gasteiger partial charge on any atom is -0.483 e. The maximum atomic E-state index is 13.6. The van der Waals surface area contributed by atoms with Crippen molar-refractivity contribution in [3.8, 4) is 5.75 Å². The van der Waals surface area contributed by atoms with Crippen molar-refractivity contribution in [3.63, 3.8) is 0 Å². The number of pyridine rings is 1. The summed E-state index contributed by atoms with van der Waals surface area (Å²) in [6, 6.07) is 10.7. The van der Waals surface area contributed by atoms with Gasteiger partial charge in [0.05, 0.1) is 12.1 Å². The van der Waals surface area contributed by atoms with Crippen molar-refractivity contribution >= 4 is 23.5 Å². The molecule has 1 N–H and O–H groups in total. The molecule has 34 heavy (non-hydrogen) atoms. The van der Waals surface area contributed by atoms with E-state index in [-0.39, 0.29) is 36.4 Å². The third kappa shape index (κ3) is 5.27. The van der Waals surface area contributed by atoms with Gasteiger partial charge in [0.25, 0.3) is 11.8 Å². The molecule has 8 nitrogen and oxygen atoms in total. The average Bonchev–Trinajstić information content (AvgIpc) is 2.84. The Balaban J connectivity index is 1.62. The molecule has 178 valence electrons. The Kier molecular flexibility index (Phi) is 7.25. The highest BCUT2D eigenvalue weighted by Gasteiger charge is 2.38. The van der Waals surface area contributed by atoms with Gasteiger partial charge in [-0.2, -0.15) is 0 Å². The average molecular weight is 463 g/mol. The lowest BCUT2D eigenvalue weighted by Crippen LogP contribution is -2.57. The van der Waals surface area contributed by atoms with Gasteiger partial charge in [0.15, 0.2) is 6.61 Å². The van der Waals surface area contributed by atoms with Crippen LogP contribution in [-0.2, 0) is 16.0 Å². The van der Waals surface area contributed by atoms with Crippen LogP contribution < -0.4 is 10.1 Å². The molecule has 2 aliphatic heterocycles. The molecule has 3 amide bonds. The normalized spacial score (nSPS) is 21.8. The van der Waals surface area contributed by atoms with Crippen LogP contribution in [0.25, 0.3) is 0 Å². The third-order valence-electron chi connectivity index (χ3n) is 6.41. The quantitative estimate of drug-likeness (QED) is 0.693. The first-order valence-corrected chi connectivity index (χ1v) is 11.6. The van der Waals surface area contributed by atoms with Gasteiger partial charge in [-0.15, -0.1) is 0 Å². The molecular weight excluding hydrogens is 432 g/mol. The van der Waals surface area contributed by atoms with E-state index in [0.717, 1.165) is 24.2 Å². The van der Waals surface area contributed by atoms with E-state index in [4.69, 9.17) is 4.74 Å². The van der Waals surface area contributed by atoms with E-state index in [1.165, 1.54) is 13.1 Å². The lowest BCUT2D eigenvalue weighted by Gasteiger charge is -2.45. The Morgan fingerprint density at radius 3 is 2.79 bits per heavy atom. The number of rotatable bonds is 2. The number of anilines is 1. The number of allylic oxidation sites excluding steroid dienone is 1. The van der Waals surface area contributed by atoms with Crippen LogP contribution in [0.15, 0.2) is 54.7 Å². The van der Waals surface area contributed by atoms with Gasteiger partial charge in [-0.1, -0.05) is 30.4 Å². The van der Waals surface area contributed by atoms with Crippen molar-refractivity contribution in [3.05, 3.63) is 65.9 Å². The van der Waals surface area contributed by atoms with Crippen LogP contribution in [0.1, 0.15) is 42.1 Å². The molecule has 0 aliphatic carbocycles. The number of aromatic nitrogens is 1. The van der Waals surface area contributed by atoms with Crippen molar-refractivity contribution < 1.29 is 19.1 Å². The van der Waals surface area contributed by atoms with Gasteiger partial charge in [0, 0.05) is 32.3 Å². The van der Waals surface area contributed by atoms with Crippen LogP contribution in [0.5, 0.6) is 5.75 Å². The number of fused-ring (bicyclic) bond motifs is 2. The number of nitrogens with one attached hydrogen (secondary N) is 1. The Morgan fingerprint density at radius 2 is 1.97 bits per heavy atom. The van der Waals surface area contributed by atoms with Crippen molar-refractivity contribution in [1.29, 1.82) is 0 Å². The van der Waals surface area contributed by atoms with E-state index in [1.54, 1.807) is 24.1 Å². The number of likely N-dealkylation sites (N-methyl/N-ethyl adjacent to an activating group) is 1. The largest absolute Gasteiger partial charge is 0.483 e. The summed E-state index contributed by atoms with van der Waals surface area (Å²) >= 11 is 0. The molecule has 8 heteroatoms. The first-order valence-electron chi connectivity index (χ1n) is 11.6. The van der Waals surface area contributed by atoms with E-state index in [9.17, 15) is 14.4 Å². The van der Waals surface area contributed by atoms with E-state index in [0.29, 0.717) is 30.8 Å². The van der Waals surface area contributed by atoms with E-state index in [2.05, 4.69) is 22.5 Å². The van der Waals surface area contributed by atoms with Crippen LogP contribution in [0.2, 0.25) is 0 Å². The molecular formula is C26H30N4O4. The highest BCUT2D eigenvalue weighted by Crippen LogP contribution is 2.28. The smallest absolute Gasteiger partial charge is 0.260 e. The van der Waals surface area contributed by atoms with Gasteiger partial charge < -0.3 is 19.9 Å². The highest BCUT2D eigenvalue weighted by atomic mass is 16.5. The van der Waals surface area contributed by atoms with Gasteiger partial charge in [-0.25, -0.2) is 4.98 Å². The number of carbonyl (C=O) groups is 3. The zero-order valence-corrected chi connectivity index (χ0v) is 19.6. The minimum atomic E-state index is -0.247. The van der Waals surface area contributed by atoms with Crippen LogP contribution in [-0.4, -0.2) is 64.8 Å². The summed E-state index contributed by atoms with van der Waals surface area (Å²) in [5, 5.41) is 2.63. The molecule has 1 aromatic heterocycles. The molecule has 2 aromatic rings. The lowest BCUT2D eigenvalue weighted by molar-refractivity contribution is -0.136. The van der Waals surface area contributed by atoms with Gasteiger partial charge in [0.1, 0.15) is 11.6 Å². The van der Waals surface area contributed by atoms with Crippen molar-refractivity contribution in [2.75, 3.05) is 25.5 Å². The number of hydrogen-bond acceptors (Lipinski definition) is 5. The van der Waals surface area contributed by atoms with Crippen LogP contribution in [0.4, 0.5) is 5.82 Å². The standard InChI is InChI=1S/C26H30N4O4/c1-18(31)28-24-16-20(13-14-27-24)26(33)30-15-7-11-21-22(30)10-5-3-8-19-9-4-6-12-23(19)34-17-25(32)29(21)2/h3-6,9,12-14,16,21-22H,7-8,10-11,15,17H2,1-2H3,(H,27,28,31)/b5-3+/t21-,22-/m1/s1. The first kappa shape index (κ1) is 23.5. The molecule has 0 bridgehead atoms. The molecule has 0 radical (unpaired) electrons. The maximum absolute atomic E-state index is 13.6. The highest BCUT2D eigenvalue weighted by molar-refractivity contribution is 5.96. The van der Waals surface area contributed by atoms with Gasteiger partial charge in [0.2, 0.25) is 5.91 Å². The zero-order valence-electron chi connectivity index (χ0n) is 19.6. The summed E-state index contributed by atoms with van der Waals surface area (Å²) in [5.41, 5.74) is 1.48. The minimum absolute atomic E-state index is 0.0428. The number of para-hydroxylation sites is 1. The fraction of sp³-hybridized carbons (Fsp3) is 0.385. The molecule has 0 spiro atoms. The van der Waals surface area contributed by atoms with Gasteiger partial charge in [-0.05, 0) is 49.4 Å². The summed E-state index contributed by atoms with van der Waals surface area (Å²) in [5.74, 6) is 0.573. The van der Waals surface area contributed by atoms with Crippen molar-refractivity contribution in [2.24, 2.45) is 0 Å². The second-order valence-corrected chi connectivity index (χ2v) is 8.70. The van der Waals surface area contributed by atoms with Crippen LogP contribution in [0.3, 0.4) is 0 Å². The molecule has 3 heterocycles. The molecule has 1 aromatic carbocycles. The molecule has 0 saturated carbocycles. The molecule has 2 aliphatic rings. The zero-order chi connectivity index (χ0) is 24.1. The molecule has 1 fully saturated rings. The van der Waals surface area contributed by atoms with Gasteiger partial charge >= 0.3 is 0 Å². The lowest BCUT2D eigenvalue weighted by atomic mass is 9.91. The van der Waals surface area contributed by atoms with Crippen molar-refractivity contribution in [1.82, 2.24) is 14.8 Å². The SMILES string of the molecule is CC(=O)Nc1cc(C(=O)N2CCC[C@@H]3[C@H]2C/C=C/Cc2ccccc2OCC(=O)N3C)ccn1. The van der Waals surface area contributed by atoms with E-state index in [1.807, 2.05) is 29.2 Å². The Bertz CT molecular complexity index is 1100. The first-order chi connectivity index (χ1) is 16.4. The van der Waals surface area contributed by atoms with E-state index >= 15 is 0 Å². The van der Waals surface area contributed by atoms with Crippen LogP contribution in [0, 0.1) is 0 Å². The fourth-order valence-electron chi connectivity index (χ4n) is 4.69. The molecule has 0 unspecified atom stereocenters. The Hall–Kier alpha value is -3.68. The second-order valence-electron chi connectivity index (χ2n) is 8.70. The predicted molar refractivity (Wildman–Crippen MR) is 129 cm³/mol. The van der Waals surface area contributed by atoms with Gasteiger partial charge in [-0.3, -0.25) is 14.4 Å². The summed E-state index contributed by atoms with van der Waals surface area (Å²) < 4.78 is 5.86. The summed E-state index contributed by atoms with van der Waals surface area (Å²) in [6.07, 6.45) is 8.65. The number of carbonyl (C=O) groups excluding carboxylic acids is 3. The number of amides is 3. The molecule has 4 rings (SSSR count). The number of hydrogen-bond donors (Lipinski definition) is 1.